The number of ether oxygens (including phenoxy) is 2. The van der Waals surface area contributed by atoms with Crippen LogP contribution in [0.25, 0.3) is 0 Å². The zero-order valence-corrected chi connectivity index (χ0v) is 26.3. The van der Waals surface area contributed by atoms with Gasteiger partial charge >= 0.3 is 5.97 Å². The van der Waals surface area contributed by atoms with Crippen molar-refractivity contribution in [3.8, 4) is 5.75 Å². The summed E-state index contributed by atoms with van der Waals surface area (Å²) in [5, 5.41) is 10.2. The van der Waals surface area contributed by atoms with Crippen molar-refractivity contribution in [2.75, 3.05) is 7.11 Å². The standard InChI is InChI=1S/C32H52O5Si/c1-23(12-10-21-32(6,29(33)34)36-22-24-14-16-25(35-7)17-15-24)26-18-19-27-28(13-11-20-31(26,27)5)37-38(8,9)30(2,3)4/h10,12,14-17,23,26-28H,11,13,18-22H2,1-9H3,(H,33,34)/b12-10+/t23-,26-,27+,28+,31-,32-/m1/s1. The van der Waals surface area contributed by atoms with Gasteiger partial charge in [0.2, 0.25) is 0 Å². The molecule has 0 aromatic heterocycles. The summed E-state index contributed by atoms with van der Waals surface area (Å²) in [7, 11) is -0.187. The van der Waals surface area contributed by atoms with Crippen LogP contribution >= 0.6 is 0 Å². The largest absolute Gasteiger partial charge is 0.497 e. The second kappa shape index (κ2) is 11.9. The molecule has 1 aromatic carbocycles. The smallest absolute Gasteiger partial charge is 0.336 e. The van der Waals surface area contributed by atoms with E-state index in [-0.39, 0.29) is 17.1 Å². The molecule has 1 aromatic rings. The van der Waals surface area contributed by atoms with Gasteiger partial charge in [-0.25, -0.2) is 4.79 Å². The van der Waals surface area contributed by atoms with Crippen LogP contribution in [0.4, 0.5) is 0 Å². The molecule has 0 spiro atoms. The molecular weight excluding hydrogens is 492 g/mol. The lowest BCUT2D eigenvalue weighted by Crippen LogP contribution is -2.50. The van der Waals surface area contributed by atoms with Crippen LogP contribution in [-0.2, 0) is 20.6 Å². The maximum atomic E-state index is 12.1. The minimum atomic E-state index is -1.81. The van der Waals surface area contributed by atoms with Gasteiger partial charge in [0.05, 0.1) is 13.7 Å². The van der Waals surface area contributed by atoms with Crippen molar-refractivity contribution in [2.24, 2.45) is 23.2 Å². The van der Waals surface area contributed by atoms with Crippen LogP contribution in [0.2, 0.25) is 18.1 Å². The molecule has 2 fully saturated rings. The van der Waals surface area contributed by atoms with E-state index in [9.17, 15) is 9.90 Å². The zero-order chi connectivity index (χ0) is 28.4. The molecule has 0 amide bonds. The number of hydrogen-bond donors (Lipinski definition) is 1. The number of benzene rings is 1. The maximum Gasteiger partial charge on any atom is 0.336 e. The number of hydrogen-bond acceptors (Lipinski definition) is 4. The normalized spacial score (nSPS) is 28.6. The van der Waals surface area contributed by atoms with Gasteiger partial charge in [-0.1, -0.05) is 65.3 Å². The fraction of sp³-hybridized carbons (Fsp3) is 0.719. The third-order valence-electron chi connectivity index (χ3n) is 10.1. The van der Waals surface area contributed by atoms with Gasteiger partial charge < -0.3 is 19.0 Å². The third kappa shape index (κ3) is 6.74. The van der Waals surface area contributed by atoms with Crippen LogP contribution < -0.4 is 4.74 Å². The lowest BCUT2D eigenvalue weighted by molar-refractivity contribution is -0.164. The molecule has 3 rings (SSSR count). The lowest BCUT2D eigenvalue weighted by atomic mass is 9.62. The number of rotatable bonds is 11. The summed E-state index contributed by atoms with van der Waals surface area (Å²) in [6.07, 6.45) is 11.1. The van der Waals surface area contributed by atoms with Crippen LogP contribution in [0.3, 0.4) is 0 Å². The van der Waals surface area contributed by atoms with Gasteiger partial charge in [-0.2, -0.15) is 0 Å². The molecule has 5 nitrogen and oxygen atoms in total. The number of allylic oxidation sites excluding steroid dienone is 1. The minimum Gasteiger partial charge on any atom is -0.497 e. The van der Waals surface area contributed by atoms with Gasteiger partial charge in [-0.15, -0.1) is 0 Å². The van der Waals surface area contributed by atoms with Gasteiger partial charge in [0.25, 0.3) is 0 Å². The van der Waals surface area contributed by atoms with Crippen LogP contribution in [0.5, 0.6) is 5.75 Å². The first kappa shape index (κ1) is 30.9. The number of carboxylic acids is 1. The van der Waals surface area contributed by atoms with Crippen LogP contribution in [0.15, 0.2) is 36.4 Å². The summed E-state index contributed by atoms with van der Waals surface area (Å²) in [5.41, 5.74) is -0.0754. The molecule has 0 aliphatic heterocycles. The fourth-order valence-electron chi connectivity index (χ4n) is 6.53. The molecule has 6 heteroatoms. The van der Waals surface area contributed by atoms with Gasteiger partial charge in [0, 0.05) is 12.5 Å². The number of carbonyl (C=O) groups is 1. The number of aliphatic carboxylic acids is 1. The fourth-order valence-corrected chi connectivity index (χ4v) is 7.93. The van der Waals surface area contributed by atoms with Crippen molar-refractivity contribution in [3.63, 3.8) is 0 Å². The summed E-state index contributed by atoms with van der Waals surface area (Å²) in [5.74, 6) is 1.42. The van der Waals surface area contributed by atoms with Gasteiger partial charge in [0.15, 0.2) is 13.9 Å². The quantitative estimate of drug-likeness (QED) is 0.224. The molecule has 0 saturated heterocycles. The maximum absolute atomic E-state index is 12.1. The van der Waals surface area contributed by atoms with E-state index in [1.807, 2.05) is 30.3 Å². The molecule has 2 aliphatic rings. The molecular formula is C32H52O5Si. The van der Waals surface area contributed by atoms with Crippen LogP contribution in [0.1, 0.15) is 85.6 Å². The summed E-state index contributed by atoms with van der Waals surface area (Å²) < 4.78 is 18.2. The Kier molecular flexibility index (Phi) is 9.64. The minimum absolute atomic E-state index is 0.223. The molecule has 2 aliphatic carbocycles. The van der Waals surface area contributed by atoms with Crippen molar-refractivity contribution in [1.82, 2.24) is 0 Å². The first-order valence-electron chi connectivity index (χ1n) is 14.5. The summed E-state index contributed by atoms with van der Waals surface area (Å²) in [6.45, 7) is 18.5. The molecule has 0 heterocycles. The summed E-state index contributed by atoms with van der Waals surface area (Å²) in [4.78, 5) is 12.1. The zero-order valence-electron chi connectivity index (χ0n) is 25.3. The van der Waals surface area contributed by atoms with Crippen molar-refractivity contribution >= 4 is 14.3 Å². The second-order valence-corrected chi connectivity index (χ2v) is 18.5. The highest BCUT2D eigenvalue weighted by Crippen LogP contribution is 2.59. The Morgan fingerprint density at radius 1 is 1.16 bits per heavy atom. The van der Waals surface area contributed by atoms with E-state index in [2.05, 4.69) is 53.8 Å². The van der Waals surface area contributed by atoms with Crippen LogP contribution in [-0.4, -0.2) is 38.2 Å². The Labute approximate surface area is 232 Å². The molecule has 2 saturated carbocycles. The Balaban J connectivity index is 1.64. The van der Waals surface area contributed by atoms with E-state index in [0.717, 1.165) is 11.3 Å². The van der Waals surface area contributed by atoms with Gasteiger partial charge in [0.1, 0.15) is 5.75 Å². The van der Waals surface area contributed by atoms with E-state index in [1.165, 1.54) is 32.1 Å². The Morgan fingerprint density at radius 2 is 1.82 bits per heavy atom. The van der Waals surface area contributed by atoms with Crippen molar-refractivity contribution in [3.05, 3.63) is 42.0 Å². The number of fused-ring (bicyclic) bond motifs is 1. The van der Waals surface area contributed by atoms with Crippen molar-refractivity contribution < 1.29 is 23.8 Å². The first-order chi connectivity index (χ1) is 17.6. The Bertz CT molecular complexity index is 965. The van der Waals surface area contributed by atoms with E-state index < -0.39 is 19.9 Å². The topological polar surface area (TPSA) is 65.0 Å². The highest BCUT2D eigenvalue weighted by atomic mass is 28.4. The van der Waals surface area contributed by atoms with Crippen LogP contribution in [0, 0.1) is 23.2 Å². The summed E-state index contributed by atoms with van der Waals surface area (Å²) >= 11 is 0. The molecule has 0 unspecified atom stereocenters. The number of methoxy groups -OCH3 is 1. The SMILES string of the molecule is COc1ccc(CO[C@](C)(C/C=C/[C@@H](C)[C@H]2CC[C@H]3[C@@H](O[Si](C)(C)C(C)(C)C)CCC[C@]23C)C(=O)O)cc1. The predicted molar refractivity (Wildman–Crippen MR) is 157 cm³/mol. The van der Waals surface area contributed by atoms with E-state index in [0.29, 0.717) is 30.3 Å². The lowest BCUT2D eigenvalue weighted by Gasteiger charge is -2.49. The first-order valence-corrected chi connectivity index (χ1v) is 17.4. The summed E-state index contributed by atoms with van der Waals surface area (Å²) in [6, 6.07) is 7.53. The molecule has 6 atom stereocenters. The average Bonchev–Trinajstić information content (AvgIpc) is 3.20. The average molecular weight is 545 g/mol. The molecule has 214 valence electrons. The van der Waals surface area contributed by atoms with E-state index >= 15 is 0 Å². The molecule has 38 heavy (non-hydrogen) atoms. The van der Waals surface area contributed by atoms with E-state index in [1.54, 1.807) is 14.0 Å². The van der Waals surface area contributed by atoms with Crippen molar-refractivity contribution in [1.29, 1.82) is 0 Å². The monoisotopic (exact) mass is 544 g/mol. The third-order valence-corrected chi connectivity index (χ3v) is 14.6. The highest BCUT2D eigenvalue weighted by molar-refractivity contribution is 6.74. The molecule has 0 bridgehead atoms. The molecule has 1 N–H and O–H groups in total. The highest BCUT2D eigenvalue weighted by Gasteiger charge is 2.54. The number of carboxylic acid groups (broad SMARTS) is 1. The predicted octanol–water partition coefficient (Wildman–Crippen LogP) is 8.24. The van der Waals surface area contributed by atoms with E-state index in [4.69, 9.17) is 13.9 Å². The van der Waals surface area contributed by atoms with Gasteiger partial charge in [-0.05, 0) is 91.6 Å². The Hall–Kier alpha value is -1.63. The Morgan fingerprint density at radius 3 is 2.39 bits per heavy atom. The van der Waals surface area contributed by atoms with Gasteiger partial charge in [-0.3, -0.25) is 0 Å². The second-order valence-electron chi connectivity index (χ2n) is 13.8. The van der Waals surface area contributed by atoms with Crippen molar-refractivity contribution in [2.45, 2.75) is 117 Å². The molecule has 0 radical (unpaired) electrons.